The quantitative estimate of drug-likeness (QED) is 0.497. The lowest BCUT2D eigenvalue weighted by molar-refractivity contribution is 0.417. The molecule has 0 aliphatic carbocycles. The normalized spacial score (nSPS) is 10.8. The Hall–Kier alpha value is -3.33. The van der Waals surface area contributed by atoms with Crippen molar-refractivity contribution >= 4 is 11.0 Å². The molecule has 0 spiro atoms. The van der Waals surface area contributed by atoms with Gasteiger partial charge < -0.3 is 9.15 Å². The number of hydrogen-bond donors (Lipinski definition) is 0. The second-order valence-corrected chi connectivity index (χ2v) is 6.16. The maximum absolute atomic E-state index is 12.7. The molecular weight excluding hydrogens is 324 g/mol. The van der Waals surface area contributed by atoms with Crippen molar-refractivity contribution < 1.29 is 9.15 Å². The number of rotatable bonds is 3. The second-order valence-electron chi connectivity index (χ2n) is 6.16. The van der Waals surface area contributed by atoms with Gasteiger partial charge in [-0.2, -0.15) is 0 Å². The molecule has 128 valence electrons. The minimum atomic E-state index is -0.0548. The summed E-state index contributed by atoms with van der Waals surface area (Å²) in [6.07, 6.45) is 0. The SMILES string of the molecule is COc1c(-c2ccccc2)cc2c(=O)cc(C)oc2c1-c1ccccc1. The van der Waals surface area contributed by atoms with Gasteiger partial charge in [-0.25, -0.2) is 0 Å². The molecular formula is C23H18O3. The van der Waals surface area contributed by atoms with Gasteiger partial charge >= 0.3 is 0 Å². The van der Waals surface area contributed by atoms with Gasteiger partial charge in [0.1, 0.15) is 17.1 Å². The number of ether oxygens (including phenoxy) is 1. The van der Waals surface area contributed by atoms with E-state index in [1.165, 1.54) is 6.07 Å². The number of aryl methyl sites for hydroxylation is 1. The minimum absolute atomic E-state index is 0.0548. The predicted octanol–water partition coefficient (Wildman–Crippen LogP) is 5.44. The van der Waals surface area contributed by atoms with Crippen LogP contribution in [-0.2, 0) is 0 Å². The summed E-state index contributed by atoms with van der Waals surface area (Å²) in [4.78, 5) is 12.7. The molecule has 0 bridgehead atoms. The van der Waals surface area contributed by atoms with Crippen LogP contribution in [0.4, 0.5) is 0 Å². The van der Waals surface area contributed by atoms with Crippen molar-refractivity contribution in [1.29, 1.82) is 0 Å². The fourth-order valence-electron chi connectivity index (χ4n) is 3.30. The van der Waals surface area contributed by atoms with E-state index in [4.69, 9.17) is 9.15 Å². The summed E-state index contributed by atoms with van der Waals surface area (Å²) in [6, 6.07) is 23.2. The minimum Gasteiger partial charge on any atom is -0.495 e. The molecule has 4 rings (SSSR count). The highest BCUT2D eigenvalue weighted by atomic mass is 16.5. The highest BCUT2D eigenvalue weighted by Gasteiger charge is 2.20. The van der Waals surface area contributed by atoms with Gasteiger partial charge in [-0.05, 0) is 24.1 Å². The smallest absolute Gasteiger partial charge is 0.192 e. The van der Waals surface area contributed by atoms with E-state index in [0.29, 0.717) is 22.5 Å². The summed E-state index contributed by atoms with van der Waals surface area (Å²) in [7, 11) is 1.65. The van der Waals surface area contributed by atoms with Gasteiger partial charge in [-0.3, -0.25) is 4.79 Å². The van der Waals surface area contributed by atoms with Gasteiger partial charge in [0.05, 0.1) is 18.1 Å². The van der Waals surface area contributed by atoms with Crippen LogP contribution in [0.2, 0.25) is 0 Å². The first-order valence-electron chi connectivity index (χ1n) is 8.45. The first-order chi connectivity index (χ1) is 12.7. The lowest BCUT2D eigenvalue weighted by atomic mass is 9.94. The van der Waals surface area contributed by atoms with Crippen LogP contribution in [0, 0.1) is 6.92 Å². The molecule has 1 aromatic heterocycles. The van der Waals surface area contributed by atoms with Crippen LogP contribution in [0.5, 0.6) is 5.75 Å². The van der Waals surface area contributed by atoms with E-state index >= 15 is 0 Å². The Labute approximate surface area is 151 Å². The Kier molecular flexibility index (Phi) is 4.05. The van der Waals surface area contributed by atoms with E-state index in [1.807, 2.05) is 66.7 Å². The van der Waals surface area contributed by atoms with Gasteiger partial charge in [0, 0.05) is 11.6 Å². The summed E-state index contributed by atoms with van der Waals surface area (Å²) < 4.78 is 11.8. The maximum Gasteiger partial charge on any atom is 0.192 e. The average molecular weight is 342 g/mol. The molecule has 0 radical (unpaired) electrons. The van der Waals surface area contributed by atoms with E-state index in [9.17, 15) is 4.79 Å². The highest BCUT2D eigenvalue weighted by molar-refractivity contribution is 6.01. The van der Waals surface area contributed by atoms with Crippen LogP contribution in [0.15, 0.2) is 82.0 Å². The molecule has 3 aromatic carbocycles. The summed E-state index contributed by atoms with van der Waals surface area (Å²) in [5.74, 6) is 1.28. The molecule has 0 N–H and O–H groups in total. The van der Waals surface area contributed by atoms with Crippen LogP contribution in [0.25, 0.3) is 33.2 Å². The Morgan fingerprint density at radius 3 is 2.08 bits per heavy atom. The molecule has 0 amide bonds. The molecule has 4 aromatic rings. The zero-order chi connectivity index (χ0) is 18.1. The van der Waals surface area contributed by atoms with Crippen LogP contribution < -0.4 is 10.2 Å². The first-order valence-corrected chi connectivity index (χ1v) is 8.45. The van der Waals surface area contributed by atoms with E-state index in [2.05, 4.69) is 0 Å². The fraction of sp³-hybridized carbons (Fsp3) is 0.0870. The molecule has 0 fully saturated rings. The van der Waals surface area contributed by atoms with Crippen molar-refractivity contribution in [2.75, 3.05) is 7.11 Å². The Balaban J connectivity index is 2.20. The second kappa shape index (κ2) is 6.52. The lowest BCUT2D eigenvalue weighted by Crippen LogP contribution is -2.03. The van der Waals surface area contributed by atoms with E-state index < -0.39 is 0 Å². The topological polar surface area (TPSA) is 39.4 Å². The van der Waals surface area contributed by atoms with Crippen LogP contribution >= 0.6 is 0 Å². The predicted molar refractivity (Wildman–Crippen MR) is 105 cm³/mol. The van der Waals surface area contributed by atoms with Gasteiger partial charge in [0.2, 0.25) is 0 Å². The summed E-state index contributed by atoms with van der Waals surface area (Å²) >= 11 is 0. The summed E-state index contributed by atoms with van der Waals surface area (Å²) in [5, 5.41) is 0.550. The molecule has 3 nitrogen and oxygen atoms in total. The van der Waals surface area contributed by atoms with Crippen LogP contribution in [-0.4, -0.2) is 7.11 Å². The van der Waals surface area contributed by atoms with Gasteiger partial charge in [-0.1, -0.05) is 60.7 Å². The van der Waals surface area contributed by atoms with Crippen LogP contribution in [0.3, 0.4) is 0 Å². The Morgan fingerprint density at radius 2 is 1.46 bits per heavy atom. The molecule has 3 heteroatoms. The molecule has 0 unspecified atom stereocenters. The van der Waals surface area contributed by atoms with Crippen molar-refractivity contribution in [3.63, 3.8) is 0 Å². The third-order valence-corrected chi connectivity index (χ3v) is 4.45. The Morgan fingerprint density at radius 1 is 0.846 bits per heavy atom. The van der Waals surface area contributed by atoms with Crippen molar-refractivity contribution in [1.82, 2.24) is 0 Å². The largest absolute Gasteiger partial charge is 0.495 e. The third-order valence-electron chi connectivity index (χ3n) is 4.45. The summed E-state index contributed by atoms with van der Waals surface area (Å²) in [5.41, 5.74) is 4.10. The molecule has 0 saturated carbocycles. The Bertz CT molecular complexity index is 1130. The molecule has 0 aliphatic heterocycles. The van der Waals surface area contributed by atoms with E-state index in [0.717, 1.165) is 22.3 Å². The van der Waals surface area contributed by atoms with Gasteiger partial charge in [0.25, 0.3) is 0 Å². The average Bonchev–Trinajstić information content (AvgIpc) is 2.68. The number of fused-ring (bicyclic) bond motifs is 1. The van der Waals surface area contributed by atoms with E-state index in [-0.39, 0.29) is 5.43 Å². The maximum atomic E-state index is 12.7. The molecule has 26 heavy (non-hydrogen) atoms. The van der Waals surface area contributed by atoms with Gasteiger partial charge in [0.15, 0.2) is 5.43 Å². The van der Waals surface area contributed by atoms with E-state index in [1.54, 1.807) is 14.0 Å². The fourth-order valence-corrected chi connectivity index (χ4v) is 3.30. The number of methoxy groups -OCH3 is 1. The highest BCUT2D eigenvalue weighted by Crippen LogP contribution is 2.43. The summed E-state index contributed by atoms with van der Waals surface area (Å²) in [6.45, 7) is 1.78. The van der Waals surface area contributed by atoms with Gasteiger partial charge in [-0.15, -0.1) is 0 Å². The van der Waals surface area contributed by atoms with Crippen molar-refractivity contribution in [3.05, 3.63) is 88.8 Å². The van der Waals surface area contributed by atoms with Crippen molar-refractivity contribution in [3.8, 4) is 28.0 Å². The molecule has 0 aliphatic rings. The van der Waals surface area contributed by atoms with Crippen molar-refractivity contribution in [2.24, 2.45) is 0 Å². The number of benzene rings is 3. The monoisotopic (exact) mass is 342 g/mol. The zero-order valence-corrected chi connectivity index (χ0v) is 14.7. The number of hydrogen-bond acceptors (Lipinski definition) is 3. The molecule has 0 atom stereocenters. The standard InChI is InChI=1S/C23H18O3/c1-15-13-20(24)19-14-18(16-9-5-3-6-10-16)22(25-2)21(23(19)26-15)17-11-7-4-8-12-17/h3-14H,1-2H3. The molecule has 0 saturated heterocycles. The van der Waals surface area contributed by atoms with Crippen LogP contribution in [0.1, 0.15) is 5.76 Å². The third kappa shape index (κ3) is 2.68. The van der Waals surface area contributed by atoms with Crippen molar-refractivity contribution in [2.45, 2.75) is 6.92 Å². The lowest BCUT2D eigenvalue weighted by Gasteiger charge is -2.16. The first kappa shape index (κ1) is 16.2. The molecule has 1 heterocycles. The zero-order valence-electron chi connectivity index (χ0n) is 14.7.